The van der Waals surface area contributed by atoms with Crippen molar-refractivity contribution in [3.63, 3.8) is 0 Å². The lowest BCUT2D eigenvalue weighted by Crippen LogP contribution is -2.43. The van der Waals surface area contributed by atoms with E-state index in [1.807, 2.05) is 0 Å². The maximum absolute atomic E-state index is 9.46. The van der Waals surface area contributed by atoms with Gasteiger partial charge in [0.25, 0.3) is 0 Å². The molecule has 0 bridgehead atoms. The average molecular weight is 501 g/mol. The van der Waals surface area contributed by atoms with Crippen molar-refractivity contribution in [1.29, 1.82) is 0 Å². The van der Waals surface area contributed by atoms with Crippen LogP contribution in [0.1, 0.15) is 175 Å². The van der Waals surface area contributed by atoms with Gasteiger partial charge in [-0.3, -0.25) is 0 Å². The molecule has 6 N–H and O–H groups in total. The van der Waals surface area contributed by atoms with Crippen molar-refractivity contribution in [3.05, 3.63) is 0 Å². The van der Waals surface area contributed by atoms with Crippen molar-refractivity contribution in [3.8, 4) is 0 Å². The highest BCUT2D eigenvalue weighted by molar-refractivity contribution is 4.83. The average Bonchev–Trinajstić information content (AvgIpc) is 2.87. The number of aliphatic hydroxyl groups excluding tert-OH is 2. The molecule has 0 aliphatic carbocycles. The third-order valence-electron chi connectivity index (χ3n) is 7.28. The summed E-state index contributed by atoms with van der Waals surface area (Å²) < 4.78 is 0. The molecular weight excluding hydrogens is 432 g/mol. The zero-order valence-electron chi connectivity index (χ0n) is 24.5. The molecule has 0 amide bonds. The Morgan fingerprint density at radius 2 is 0.829 bits per heavy atom. The van der Waals surface area contributed by atoms with Gasteiger partial charge in [-0.2, -0.15) is 0 Å². The lowest BCUT2D eigenvalue weighted by atomic mass is 9.88. The van der Waals surface area contributed by atoms with Gasteiger partial charge in [-0.05, 0) is 19.3 Å². The number of hydrogen-bond acceptors (Lipinski definition) is 4. The van der Waals surface area contributed by atoms with Crippen molar-refractivity contribution in [1.82, 2.24) is 0 Å². The van der Waals surface area contributed by atoms with Gasteiger partial charge in [-0.15, -0.1) is 0 Å². The third-order valence-corrected chi connectivity index (χ3v) is 7.28. The number of unbranched alkanes of at least 4 members (excludes halogenated alkanes) is 18. The van der Waals surface area contributed by atoms with Crippen LogP contribution in [0.5, 0.6) is 0 Å². The van der Waals surface area contributed by atoms with Crippen LogP contribution in [0.3, 0.4) is 0 Å². The Kier molecular flexibility index (Phi) is 31.8. The Bertz CT molecular complexity index is 381. The molecule has 2 atom stereocenters. The Morgan fingerprint density at radius 3 is 1.20 bits per heavy atom. The summed E-state index contributed by atoms with van der Waals surface area (Å²) in [5, 5.41) is 18.2. The summed E-state index contributed by atoms with van der Waals surface area (Å²) in [5.74, 6) is 0. The molecule has 0 saturated carbocycles. The fourth-order valence-corrected chi connectivity index (χ4v) is 4.61. The molecular formula is C31H68N2O2. The zero-order chi connectivity index (χ0) is 26.5. The van der Waals surface area contributed by atoms with E-state index in [1.165, 1.54) is 128 Å². The highest BCUT2D eigenvalue weighted by atomic mass is 16.3. The summed E-state index contributed by atoms with van der Waals surface area (Å²) >= 11 is 0. The summed E-state index contributed by atoms with van der Waals surface area (Å²) in [7, 11) is 0. The van der Waals surface area contributed by atoms with Crippen molar-refractivity contribution in [2.24, 2.45) is 11.5 Å². The molecule has 0 saturated heterocycles. The molecule has 0 aromatic carbocycles. The first-order chi connectivity index (χ1) is 17.0. The number of nitrogens with two attached hydrogens (primary N) is 2. The smallest absolute Gasteiger partial charge is 0.0611 e. The van der Waals surface area contributed by atoms with Crippen LogP contribution in [0.2, 0.25) is 0 Å². The second kappa shape index (κ2) is 30.1. The van der Waals surface area contributed by atoms with E-state index in [0.717, 1.165) is 25.7 Å². The lowest BCUT2D eigenvalue weighted by Gasteiger charge is -2.27. The lowest BCUT2D eigenvalue weighted by molar-refractivity contribution is 0.171. The van der Waals surface area contributed by atoms with Crippen LogP contribution in [0.25, 0.3) is 0 Å². The highest BCUT2D eigenvalue weighted by Gasteiger charge is 2.22. The molecule has 4 heteroatoms. The van der Waals surface area contributed by atoms with Gasteiger partial charge >= 0.3 is 0 Å². The third kappa shape index (κ3) is 30.0. The first kappa shape index (κ1) is 37.0. The monoisotopic (exact) mass is 501 g/mol. The Hall–Kier alpha value is -0.160. The highest BCUT2D eigenvalue weighted by Crippen LogP contribution is 2.20. The summed E-state index contributed by atoms with van der Waals surface area (Å²) in [6.45, 7) is 7.01. The van der Waals surface area contributed by atoms with Crippen LogP contribution in [-0.2, 0) is 0 Å². The summed E-state index contributed by atoms with van der Waals surface area (Å²) in [4.78, 5) is 0. The predicted octanol–water partition coefficient (Wildman–Crippen LogP) is 8.40. The maximum Gasteiger partial charge on any atom is 0.0611 e. The normalized spacial score (nSPS) is 13.8. The number of rotatable bonds is 26. The Morgan fingerprint density at radius 1 is 0.514 bits per heavy atom. The van der Waals surface area contributed by atoms with Crippen molar-refractivity contribution >= 4 is 0 Å². The van der Waals surface area contributed by atoms with E-state index in [4.69, 9.17) is 16.6 Å². The Balaban J connectivity index is 0. The molecule has 4 nitrogen and oxygen atoms in total. The van der Waals surface area contributed by atoms with Crippen LogP contribution >= 0.6 is 0 Å². The van der Waals surface area contributed by atoms with E-state index in [9.17, 15) is 5.11 Å². The van der Waals surface area contributed by atoms with E-state index < -0.39 is 0 Å². The predicted molar refractivity (Wildman–Crippen MR) is 157 cm³/mol. The molecule has 214 valence electrons. The quantitative estimate of drug-likeness (QED) is 0.0897. The van der Waals surface area contributed by atoms with E-state index in [-0.39, 0.29) is 24.8 Å². The molecule has 0 aromatic rings. The largest absolute Gasteiger partial charge is 0.395 e. The number of hydrogen-bond donors (Lipinski definition) is 4. The minimum absolute atomic E-state index is 0.00837. The van der Waals surface area contributed by atoms with Crippen molar-refractivity contribution < 1.29 is 10.2 Å². The summed E-state index contributed by atoms with van der Waals surface area (Å²) in [6.07, 6.45) is 30.8. The van der Waals surface area contributed by atoms with Gasteiger partial charge in [0.15, 0.2) is 0 Å². The van der Waals surface area contributed by atoms with Crippen LogP contribution in [0, 0.1) is 0 Å². The molecule has 0 spiro atoms. The maximum atomic E-state index is 9.46. The van der Waals surface area contributed by atoms with Gasteiger partial charge in [0.2, 0.25) is 0 Å². The molecule has 0 fully saturated rings. The van der Waals surface area contributed by atoms with Crippen LogP contribution in [0.4, 0.5) is 0 Å². The van der Waals surface area contributed by atoms with Crippen LogP contribution in [-0.4, -0.2) is 35.0 Å². The summed E-state index contributed by atoms with van der Waals surface area (Å²) in [6, 6.07) is 0.00837. The van der Waals surface area contributed by atoms with Crippen molar-refractivity contribution in [2.45, 2.75) is 186 Å². The van der Waals surface area contributed by atoms with Gasteiger partial charge in [0.05, 0.1) is 13.2 Å². The first-order valence-electron chi connectivity index (χ1n) is 15.8. The standard InChI is InChI=1S/C17H37NO.C14H31NO/c1-3-5-7-8-9-10-11-13-15-17(18,16-19)14-12-6-4-2;1-2-3-4-5-6-7-8-9-10-11-12-14(15)13-16/h19H,3-16,18H2,1-2H3;14,16H,2-13,15H2,1H3. The SMILES string of the molecule is CCCCCCCCCCC(N)(CO)CCCCC.CCCCCCCCCCCCC(N)CO. The first-order valence-corrected chi connectivity index (χ1v) is 15.8. The fraction of sp³-hybridized carbons (Fsp3) is 1.00. The zero-order valence-corrected chi connectivity index (χ0v) is 24.5. The molecule has 0 aromatic heterocycles. The minimum Gasteiger partial charge on any atom is -0.395 e. The second-order valence-electron chi connectivity index (χ2n) is 11.1. The van der Waals surface area contributed by atoms with Gasteiger partial charge in [0, 0.05) is 11.6 Å². The molecule has 35 heavy (non-hydrogen) atoms. The molecule has 0 aliphatic rings. The molecule has 0 rings (SSSR count). The molecule has 2 unspecified atom stereocenters. The van der Waals surface area contributed by atoms with Gasteiger partial charge in [-0.1, -0.05) is 156 Å². The molecule has 0 aliphatic heterocycles. The van der Waals surface area contributed by atoms with Crippen molar-refractivity contribution in [2.75, 3.05) is 13.2 Å². The topological polar surface area (TPSA) is 92.5 Å². The van der Waals surface area contributed by atoms with E-state index >= 15 is 0 Å². The van der Waals surface area contributed by atoms with Crippen LogP contribution < -0.4 is 11.5 Å². The van der Waals surface area contributed by atoms with Gasteiger partial charge in [-0.25, -0.2) is 0 Å². The second-order valence-corrected chi connectivity index (χ2v) is 11.1. The fourth-order valence-electron chi connectivity index (χ4n) is 4.61. The molecule has 0 heterocycles. The summed E-state index contributed by atoms with van der Waals surface area (Å²) in [5.41, 5.74) is 11.6. The minimum atomic E-state index is -0.308. The van der Waals surface area contributed by atoms with Gasteiger partial charge in [0.1, 0.15) is 0 Å². The van der Waals surface area contributed by atoms with Gasteiger partial charge < -0.3 is 21.7 Å². The van der Waals surface area contributed by atoms with Crippen LogP contribution in [0.15, 0.2) is 0 Å². The van der Waals surface area contributed by atoms with E-state index in [2.05, 4.69) is 20.8 Å². The van der Waals surface area contributed by atoms with E-state index in [1.54, 1.807) is 0 Å². The Labute approximate surface area is 221 Å². The van der Waals surface area contributed by atoms with E-state index in [0.29, 0.717) is 0 Å². The molecule has 0 radical (unpaired) electrons. The number of aliphatic hydroxyl groups is 2.